The summed E-state index contributed by atoms with van der Waals surface area (Å²) in [7, 11) is 4.30. The smallest absolute Gasteiger partial charge is 0.0642 e. The van der Waals surface area contributed by atoms with Crippen molar-refractivity contribution in [3.05, 3.63) is 28.8 Å². The van der Waals surface area contributed by atoms with Gasteiger partial charge in [-0.3, -0.25) is 0 Å². The van der Waals surface area contributed by atoms with E-state index in [9.17, 15) is 0 Å². The number of halogens is 1. The summed E-state index contributed by atoms with van der Waals surface area (Å²) >= 11 is 6.43. The molecular formula is C15H24ClN3. The van der Waals surface area contributed by atoms with Crippen LogP contribution in [0.15, 0.2) is 18.2 Å². The molecule has 1 atom stereocenters. The highest BCUT2D eigenvalue weighted by atomic mass is 35.5. The van der Waals surface area contributed by atoms with E-state index < -0.39 is 0 Å². The Hall–Kier alpha value is -0.770. The Kier molecular flexibility index (Phi) is 5.08. The monoisotopic (exact) mass is 281 g/mol. The van der Waals surface area contributed by atoms with E-state index in [0.29, 0.717) is 6.04 Å². The summed E-state index contributed by atoms with van der Waals surface area (Å²) in [5, 5.41) is 4.19. The molecule has 1 aromatic rings. The zero-order valence-corrected chi connectivity index (χ0v) is 12.9. The predicted octanol–water partition coefficient (Wildman–Crippen LogP) is 2.59. The van der Waals surface area contributed by atoms with Crippen LogP contribution in [0, 0.1) is 0 Å². The highest BCUT2D eigenvalue weighted by Gasteiger charge is 2.25. The van der Waals surface area contributed by atoms with Gasteiger partial charge in [-0.1, -0.05) is 24.6 Å². The number of benzene rings is 1. The SMILES string of the molecule is CCNCc1ccc(N2CCC(N(C)C)C2)c(Cl)c1. The first-order valence-electron chi connectivity index (χ1n) is 7.02. The topological polar surface area (TPSA) is 18.5 Å². The fourth-order valence-corrected chi connectivity index (χ4v) is 2.89. The second-order valence-electron chi connectivity index (χ2n) is 5.42. The minimum absolute atomic E-state index is 0.637. The molecule has 0 saturated carbocycles. The van der Waals surface area contributed by atoms with Crippen molar-refractivity contribution in [2.24, 2.45) is 0 Å². The molecule has 0 bridgehead atoms. The Bertz CT molecular complexity index is 420. The molecule has 0 amide bonds. The maximum absolute atomic E-state index is 6.43. The highest BCUT2D eigenvalue weighted by molar-refractivity contribution is 6.33. The molecule has 3 nitrogen and oxygen atoms in total. The third kappa shape index (κ3) is 3.62. The third-order valence-electron chi connectivity index (χ3n) is 3.83. The molecule has 1 aliphatic heterocycles. The summed E-state index contributed by atoms with van der Waals surface area (Å²) in [6, 6.07) is 7.06. The summed E-state index contributed by atoms with van der Waals surface area (Å²) < 4.78 is 0. The Morgan fingerprint density at radius 1 is 1.42 bits per heavy atom. The van der Waals surface area contributed by atoms with Crippen LogP contribution in [0.25, 0.3) is 0 Å². The van der Waals surface area contributed by atoms with Crippen LogP contribution in [0.4, 0.5) is 5.69 Å². The number of anilines is 1. The van der Waals surface area contributed by atoms with Crippen LogP contribution in [0.1, 0.15) is 18.9 Å². The van der Waals surface area contributed by atoms with Gasteiger partial charge in [0, 0.05) is 25.7 Å². The average Bonchev–Trinajstić information content (AvgIpc) is 2.86. The van der Waals surface area contributed by atoms with Crippen LogP contribution in [0.3, 0.4) is 0 Å². The van der Waals surface area contributed by atoms with Gasteiger partial charge < -0.3 is 15.1 Å². The predicted molar refractivity (Wildman–Crippen MR) is 83.1 cm³/mol. The van der Waals surface area contributed by atoms with Gasteiger partial charge in [0.05, 0.1) is 10.7 Å². The van der Waals surface area contributed by atoms with Crippen LogP contribution in [0.2, 0.25) is 5.02 Å². The van der Waals surface area contributed by atoms with Crippen molar-refractivity contribution < 1.29 is 0 Å². The van der Waals surface area contributed by atoms with Crippen molar-refractivity contribution in [1.29, 1.82) is 0 Å². The zero-order valence-electron chi connectivity index (χ0n) is 12.1. The van der Waals surface area contributed by atoms with Crippen molar-refractivity contribution >= 4 is 17.3 Å². The van der Waals surface area contributed by atoms with Gasteiger partial charge in [0.25, 0.3) is 0 Å². The van der Waals surface area contributed by atoms with E-state index in [1.54, 1.807) is 0 Å². The van der Waals surface area contributed by atoms with Crippen LogP contribution < -0.4 is 10.2 Å². The van der Waals surface area contributed by atoms with Crippen molar-refractivity contribution in [2.75, 3.05) is 38.6 Å². The summed E-state index contributed by atoms with van der Waals surface area (Å²) in [6.45, 7) is 6.14. The first kappa shape index (κ1) is 14.6. The van der Waals surface area contributed by atoms with E-state index in [1.165, 1.54) is 17.7 Å². The summed E-state index contributed by atoms with van der Waals surface area (Å²) in [5.41, 5.74) is 2.42. The molecule has 1 aliphatic rings. The van der Waals surface area contributed by atoms with E-state index in [4.69, 9.17) is 11.6 Å². The third-order valence-corrected chi connectivity index (χ3v) is 4.13. The van der Waals surface area contributed by atoms with Crippen LogP contribution >= 0.6 is 11.6 Å². The number of rotatable bonds is 5. The molecule has 2 rings (SSSR count). The average molecular weight is 282 g/mol. The Balaban J connectivity index is 2.05. The standard InChI is InChI=1S/C15H24ClN3/c1-4-17-10-12-5-6-15(14(16)9-12)19-8-7-13(11-19)18(2)3/h5-6,9,13,17H,4,7-8,10-11H2,1-3H3. The van der Waals surface area contributed by atoms with Crippen LogP contribution in [-0.4, -0.2) is 44.7 Å². The van der Waals surface area contributed by atoms with Gasteiger partial charge in [-0.25, -0.2) is 0 Å². The molecule has 1 aromatic carbocycles. The molecule has 1 N–H and O–H groups in total. The van der Waals surface area contributed by atoms with Gasteiger partial charge >= 0.3 is 0 Å². The van der Waals surface area contributed by atoms with Crippen molar-refractivity contribution in [3.8, 4) is 0 Å². The van der Waals surface area contributed by atoms with Gasteiger partial charge in [-0.15, -0.1) is 0 Å². The number of nitrogens with zero attached hydrogens (tertiary/aromatic N) is 2. The lowest BCUT2D eigenvalue weighted by molar-refractivity contribution is 0.315. The number of hydrogen-bond donors (Lipinski definition) is 1. The summed E-state index contributed by atoms with van der Waals surface area (Å²) in [5.74, 6) is 0. The maximum atomic E-state index is 6.43. The summed E-state index contributed by atoms with van der Waals surface area (Å²) in [4.78, 5) is 4.69. The Morgan fingerprint density at radius 2 is 2.21 bits per heavy atom. The van der Waals surface area contributed by atoms with E-state index >= 15 is 0 Å². The molecule has 1 heterocycles. The van der Waals surface area contributed by atoms with Crippen molar-refractivity contribution in [3.63, 3.8) is 0 Å². The number of likely N-dealkylation sites (N-methyl/N-ethyl adjacent to an activating group) is 1. The Morgan fingerprint density at radius 3 is 2.79 bits per heavy atom. The molecule has 0 aliphatic carbocycles. The fraction of sp³-hybridized carbons (Fsp3) is 0.600. The van der Waals surface area contributed by atoms with Crippen LogP contribution in [-0.2, 0) is 6.54 Å². The molecular weight excluding hydrogens is 258 g/mol. The molecule has 0 aromatic heterocycles. The van der Waals surface area contributed by atoms with Gasteiger partial charge in [-0.05, 0) is 44.8 Å². The van der Waals surface area contributed by atoms with E-state index in [0.717, 1.165) is 31.2 Å². The van der Waals surface area contributed by atoms with E-state index in [2.05, 4.69) is 54.3 Å². The van der Waals surface area contributed by atoms with Crippen LogP contribution in [0.5, 0.6) is 0 Å². The van der Waals surface area contributed by atoms with Crippen molar-refractivity contribution in [2.45, 2.75) is 25.9 Å². The molecule has 19 heavy (non-hydrogen) atoms. The van der Waals surface area contributed by atoms with E-state index in [1.807, 2.05) is 0 Å². The fourth-order valence-electron chi connectivity index (χ4n) is 2.57. The molecule has 4 heteroatoms. The highest BCUT2D eigenvalue weighted by Crippen LogP contribution is 2.30. The molecule has 0 radical (unpaired) electrons. The molecule has 1 unspecified atom stereocenters. The number of hydrogen-bond acceptors (Lipinski definition) is 3. The maximum Gasteiger partial charge on any atom is 0.0642 e. The lowest BCUT2D eigenvalue weighted by Crippen LogP contribution is -2.31. The normalized spacial score (nSPS) is 19.4. The van der Waals surface area contributed by atoms with Crippen molar-refractivity contribution in [1.82, 2.24) is 10.2 Å². The van der Waals surface area contributed by atoms with E-state index in [-0.39, 0.29) is 0 Å². The second kappa shape index (κ2) is 6.60. The second-order valence-corrected chi connectivity index (χ2v) is 5.83. The lowest BCUT2D eigenvalue weighted by Gasteiger charge is -2.23. The molecule has 1 saturated heterocycles. The molecule has 0 spiro atoms. The first-order chi connectivity index (χ1) is 9.11. The van der Waals surface area contributed by atoms with Gasteiger partial charge in [-0.2, -0.15) is 0 Å². The number of nitrogens with one attached hydrogen (secondary N) is 1. The lowest BCUT2D eigenvalue weighted by atomic mass is 10.2. The van der Waals surface area contributed by atoms with Gasteiger partial charge in [0.2, 0.25) is 0 Å². The minimum atomic E-state index is 0.637. The zero-order chi connectivity index (χ0) is 13.8. The Labute approximate surface area is 121 Å². The largest absolute Gasteiger partial charge is 0.369 e. The molecule has 1 fully saturated rings. The van der Waals surface area contributed by atoms with Gasteiger partial charge in [0.15, 0.2) is 0 Å². The quantitative estimate of drug-likeness (QED) is 0.895. The minimum Gasteiger partial charge on any atom is -0.369 e. The van der Waals surface area contributed by atoms with Gasteiger partial charge in [0.1, 0.15) is 0 Å². The molecule has 106 valence electrons. The first-order valence-corrected chi connectivity index (χ1v) is 7.40. The summed E-state index contributed by atoms with van der Waals surface area (Å²) in [6.07, 6.45) is 1.21.